The Morgan fingerprint density at radius 3 is 2.30 bits per heavy atom. The zero-order chi connectivity index (χ0) is 35.6. The van der Waals surface area contributed by atoms with Crippen LogP contribution in [0.4, 0.5) is 0 Å². The second-order valence-corrected chi connectivity index (χ2v) is 17.4. The Hall–Kier alpha value is -1.36. The Morgan fingerprint density at radius 2 is 1.62 bits per heavy atom. The van der Waals surface area contributed by atoms with Gasteiger partial charge in [0, 0.05) is 42.5 Å². The number of hydrogen-bond acceptors (Lipinski definition) is 9. The summed E-state index contributed by atoms with van der Waals surface area (Å²) in [6.45, 7) is 7.33. The molecule has 0 amide bonds. The van der Waals surface area contributed by atoms with Gasteiger partial charge in [-0.05, 0) is 88.0 Å². The SMILES string of the molecule is CCCCCCCCCCCCN=C[C@]12CC[C@H](O[C@@H]3C[C@H](O)[C@H](O)[C@H](C)O3)C[C@@]1(O)CC[C@@H]1[C@@H]2CC[C@]2(C)[C@@H](C3=CC(=O)OC3)CC[C@]12O. The van der Waals surface area contributed by atoms with Gasteiger partial charge < -0.3 is 34.6 Å². The van der Waals surface area contributed by atoms with Gasteiger partial charge in [0.15, 0.2) is 6.29 Å². The highest BCUT2D eigenvalue weighted by Gasteiger charge is 2.71. The number of ether oxygens (including phenoxy) is 3. The summed E-state index contributed by atoms with van der Waals surface area (Å²) in [7, 11) is 0. The van der Waals surface area contributed by atoms with Crippen LogP contribution in [0.3, 0.4) is 0 Å². The van der Waals surface area contributed by atoms with E-state index in [1.165, 1.54) is 57.8 Å². The number of aliphatic hydroxyl groups is 4. The molecule has 12 atom stereocenters. The molecule has 9 heteroatoms. The normalized spacial score (nSPS) is 44.5. The summed E-state index contributed by atoms with van der Waals surface area (Å²) in [5.41, 5.74) is -1.80. The van der Waals surface area contributed by atoms with Gasteiger partial charge >= 0.3 is 5.97 Å². The molecule has 0 aromatic carbocycles. The van der Waals surface area contributed by atoms with Crippen molar-refractivity contribution in [3.63, 3.8) is 0 Å². The van der Waals surface area contributed by atoms with Crippen LogP contribution in [0.25, 0.3) is 0 Å². The van der Waals surface area contributed by atoms with Crippen molar-refractivity contribution in [2.75, 3.05) is 13.2 Å². The Morgan fingerprint density at radius 1 is 0.920 bits per heavy atom. The van der Waals surface area contributed by atoms with E-state index in [1.807, 2.05) is 0 Å². The van der Waals surface area contributed by atoms with E-state index in [2.05, 4.69) is 20.1 Å². The molecule has 0 aromatic rings. The van der Waals surface area contributed by atoms with E-state index < -0.39 is 41.2 Å². The Balaban J connectivity index is 1.15. The lowest BCUT2D eigenvalue weighted by molar-refractivity contribution is -0.282. The summed E-state index contributed by atoms with van der Waals surface area (Å²) < 4.78 is 17.7. The lowest BCUT2D eigenvalue weighted by atomic mass is 9.41. The van der Waals surface area contributed by atoms with Crippen LogP contribution >= 0.6 is 0 Å². The first kappa shape index (κ1) is 38.4. The van der Waals surface area contributed by atoms with E-state index in [4.69, 9.17) is 19.2 Å². The van der Waals surface area contributed by atoms with Crippen molar-refractivity contribution in [1.29, 1.82) is 0 Å². The largest absolute Gasteiger partial charge is 0.458 e. The minimum Gasteiger partial charge on any atom is -0.458 e. The average molecular weight is 702 g/mol. The van der Waals surface area contributed by atoms with E-state index in [9.17, 15) is 25.2 Å². The first-order valence-corrected chi connectivity index (χ1v) is 20.5. The van der Waals surface area contributed by atoms with E-state index >= 15 is 0 Å². The molecule has 1 saturated heterocycles. The smallest absolute Gasteiger partial charge is 0.331 e. The Labute approximate surface area is 300 Å². The Kier molecular flexibility index (Phi) is 12.2. The van der Waals surface area contributed by atoms with Crippen molar-refractivity contribution in [3.05, 3.63) is 11.6 Å². The Bertz CT molecular complexity index is 1210. The molecule has 2 heterocycles. The van der Waals surface area contributed by atoms with Crippen LogP contribution in [0, 0.1) is 28.6 Å². The number of aliphatic hydroxyl groups excluding tert-OH is 2. The number of cyclic esters (lactones) is 1. The maximum Gasteiger partial charge on any atom is 0.331 e. The second-order valence-electron chi connectivity index (χ2n) is 17.4. The number of fused-ring (bicyclic) bond motifs is 5. The molecule has 4 aliphatic carbocycles. The van der Waals surface area contributed by atoms with E-state index in [-0.39, 0.29) is 41.7 Å². The first-order valence-electron chi connectivity index (χ1n) is 20.5. The van der Waals surface area contributed by atoms with Gasteiger partial charge in [-0.1, -0.05) is 71.6 Å². The maximum absolute atomic E-state index is 12.8. The fraction of sp³-hybridized carbons (Fsp3) is 0.902. The van der Waals surface area contributed by atoms with Crippen LogP contribution in [-0.4, -0.2) is 87.7 Å². The van der Waals surface area contributed by atoms with Crippen LogP contribution in [0.1, 0.15) is 149 Å². The first-order chi connectivity index (χ1) is 24.0. The highest BCUT2D eigenvalue weighted by atomic mass is 16.7. The van der Waals surface area contributed by atoms with Crippen molar-refractivity contribution >= 4 is 12.2 Å². The van der Waals surface area contributed by atoms with Crippen molar-refractivity contribution in [3.8, 4) is 0 Å². The van der Waals surface area contributed by atoms with E-state index in [0.29, 0.717) is 32.3 Å². The number of nitrogens with zero attached hydrogens (tertiary/aromatic N) is 1. The summed E-state index contributed by atoms with van der Waals surface area (Å²) in [5.74, 6) is -0.0252. The number of carbonyl (C=O) groups excluding carboxylic acids is 1. The lowest BCUT2D eigenvalue weighted by Crippen LogP contribution is -2.69. The highest BCUT2D eigenvalue weighted by molar-refractivity contribution is 5.85. The van der Waals surface area contributed by atoms with Crippen molar-refractivity contribution in [2.45, 2.75) is 191 Å². The van der Waals surface area contributed by atoms with Gasteiger partial charge in [0.1, 0.15) is 12.7 Å². The summed E-state index contributed by atoms with van der Waals surface area (Å²) in [6.07, 6.45) is 20.0. The predicted molar refractivity (Wildman–Crippen MR) is 193 cm³/mol. The van der Waals surface area contributed by atoms with Crippen LogP contribution in [0.2, 0.25) is 0 Å². The molecule has 9 nitrogen and oxygen atoms in total. The van der Waals surface area contributed by atoms with Crippen LogP contribution in [-0.2, 0) is 19.0 Å². The molecule has 0 radical (unpaired) electrons. The molecule has 0 bridgehead atoms. The third-order valence-corrected chi connectivity index (χ3v) is 14.6. The highest BCUT2D eigenvalue weighted by Crippen LogP contribution is 2.70. The van der Waals surface area contributed by atoms with Gasteiger partial charge in [-0.3, -0.25) is 4.99 Å². The summed E-state index contributed by atoms with van der Waals surface area (Å²) in [4.78, 5) is 17.1. The van der Waals surface area contributed by atoms with Crippen molar-refractivity contribution < 1.29 is 39.4 Å². The molecule has 284 valence electrons. The quantitative estimate of drug-likeness (QED) is 0.0651. The molecular weight excluding hydrogens is 634 g/mol. The number of hydrogen-bond donors (Lipinski definition) is 4. The molecule has 0 aromatic heterocycles. The minimum absolute atomic E-state index is 0.0329. The maximum atomic E-state index is 12.8. The molecular formula is C41H67NO8. The fourth-order valence-electron chi connectivity index (χ4n) is 11.7. The zero-order valence-corrected chi connectivity index (χ0v) is 31.2. The lowest BCUT2D eigenvalue weighted by Gasteiger charge is -2.66. The molecule has 6 aliphatic rings. The molecule has 4 saturated carbocycles. The number of carbonyl (C=O) groups is 1. The summed E-state index contributed by atoms with van der Waals surface area (Å²) in [6, 6.07) is 0. The van der Waals surface area contributed by atoms with Crippen molar-refractivity contribution in [1.82, 2.24) is 0 Å². The van der Waals surface area contributed by atoms with Gasteiger partial charge in [0.05, 0.1) is 29.5 Å². The zero-order valence-electron chi connectivity index (χ0n) is 31.2. The topological polar surface area (TPSA) is 138 Å². The van der Waals surface area contributed by atoms with Gasteiger partial charge in [-0.2, -0.15) is 0 Å². The van der Waals surface area contributed by atoms with Gasteiger partial charge in [-0.15, -0.1) is 0 Å². The minimum atomic E-state index is -1.03. The molecule has 4 N–H and O–H groups in total. The fourth-order valence-corrected chi connectivity index (χ4v) is 11.7. The number of aliphatic imine (C=N–C) groups is 1. The molecule has 5 fully saturated rings. The summed E-state index contributed by atoms with van der Waals surface area (Å²) >= 11 is 0. The molecule has 6 rings (SSSR count). The molecule has 50 heavy (non-hydrogen) atoms. The summed E-state index contributed by atoms with van der Waals surface area (Å²) in [5, 5.41) is 46.2. The number of rotatable bonds is 15. The molecule has 2 aliphatic heterocycles. The predicted octanol–water partition coefficient (Wildman–Crippen LogP) is 6.57. The monoisotopic (exact) mass is 701 g/mol. The third kappa shape index (κ3) is 7.26. The van der Waals surface area contributed by atoms with E-state index in [1.54, 1.807) is 13.0 Å². The van der Waals surface area contributed by atoms with Gasteiger partial charge in [-0.25, -0.2) is 4.79 Å². The van der Waals surface area contributed by atoms with E-state index in [0.717, 1.165) is 50.6 Å². The number of esters is 1. The second kappa shape index (κ2) is 15.9. The van der Waals surface area contributed by atoms with Crippen LogP contribution < -0.4 is 0 Å². The standard InChI is InChI=1S/C41H67NO8/c1-4-5-6-7-8-9-10-11-12-13-22-42-27-39-19-14-30(50-36-24-34(43)37(45)28(2)49-36)25-40(39,46)20-16-33-32(39)15-18-38(3)31(17-21-41(33,38)47)29-23-35(44)48-26-29/h23,27-28,30-34,36-37,43,45-47H,4-22,24-26H2,1-3H3/t28-,30-,31+,32-,33+,34-,36+,37+,38+,39-,40-,41-/m0/s1. The molecule has 0 unspecified atom stereocenters. The number of unbranched alkanes of at least 4 members (excludes halogenated alkanes) is 9. The van der Waals surface area contributed by atoms with Crippen molar-refractivity contribution in [2.24, 2.45) is 33.6 Å². The average Bonchev–Trinajstić information content (AvgIpc) is 3.63. The van der Waals surface area contributed by atoms with Crippen LogP contribution in [0.15, 0.2) is 16.6 Å². The third-order valence-electron chi connectivity index (χ3n) is 14.6. The van der Waals surface area contributed by atoms with Gasteiger partial charge in [0.25, 0.3) is 0 Å². The van der Waals surface area contributed by atoms with Crippen LogP contribution in [0.5, 0.6) is 0 Å². The molecule has 0 spiro atoms. The van der Waals surface area contributed by atoms with Gasteiger partial charge in [0.2, 0.25) is 0 Å².